The maximum Gasteiger partial charge on any atom is 0.0888 e. The first kappa shape index (κ1) is 11.7. The molecule has 0 amide bonds. The highest BCUT2D eigenvalue weighted by atomic mass is 79.9. The first-order chi connectivity index (χ1) is 6.72. The van der Waals surface area contributed by atoms with Crippen LogP contribution in [0.2, 0.25) is 0 Å². The van der Waals surface area contributed by atoms with Crippen molar-refractivity contribution in [2.75, 3.05) is 6.61 Å². The highest BCUT2D eigenvalue weighted by Crippen LogP contribution is 2.05. The summed E-state index contributed by atoms with van der Waals surface area (Å²) < 4.78 is 5.50. The summed E-state index contributed by atoms with van der Waals surface area (Å²) in [5.74, 6) is 0.578. The molecule has 1 heterocycles. The van der Waals surface area contributed by atoms with Crippen LogP contribution in [0.15, 0.2) is 18.2 Å². The fourth-order valence-electron chi connectivity index (χ4n) is 1.08. The molecule has 0 unspecified atom stereocenters. The Labute approximate surface area is 93.8 Å². The van der Waals surface area contributed by atoms with E-state index >= 15 is 0 Å². The smallest absolute Gasteiger partial charge is 0.0888 e. The van der Waals surface area contributed by atoms with Crippen molar-refractivity contribution in [2.24, 2.45) is 5.92 Å². The van der Waals surface area contributed by atoms with Gasteiger partial charge >= 0.3 is 0 Å². The van der Waals surface area contributed by atoms with Crippen molar-refractivity contribution in [1.29, 1.82) is 0 Å². The van der Waals surface area contributed by atoms with E-state index in [1.54, 1.807) is 0 Å². The van der Waals surface area contributed by atoms with Gasteiger partial charge in [0.25, 0.3) is 0 Å². The molecule has 2 nitrogen and oxygen atoms in total. The minimum absolute atomic E-state index is 0.578. The largest absolute Gasteiger partial charge is 0.375 e. The Hall–Kier alpha value is -0.410. The zero-order valence-electron chi connectivity index (χ0n) is 8.66. The van der Waals surface area contributed by atoms with E-state index in [-0.39, 0.29) is 0 Å². The molecule has 0 fully saturated rings. The molecule has 0 bridgehead atoms. The summed E-state index contributed by atoms with van der Waals surface area (Å²) >= 11 is 3.38. The fourth-order valence-corrected chi connectivity index (χ4v) is 1.40. The predicted octanol–water partition coefficient (Wildman–Crippen LogP) is 3.15. The van der Waals surface area contributed by atoms with E-state index in [0.717, 1.165) is 23.3 Å². The number of hydrogen-bond acceptors (Lipinski definition) is 2. The van der Waals surface area contributed by atoms with Crippen LogP contribution in [0.4, 0.5) is 0 Å². The standard InChI is InChI=1S/C11H16BrNO/c1-9(2)7-14-8-11-5-3-4-10(6-12)13-11/h3-5,9H,6-8H2,1-2H3. The Morgan fingerprint density at radius 3 is 2.71 bits per heavy atom. The number of aromatic nitrogens is 1. The van der Waals surface area contributed by atoms with Gasteiger partial charge < -0.3 is 4.74 Å². The van der Waals surface area contributed by atoms with Crippen LogP contribution in [0, 0.1) is 5.92 Å². The van der Waals surface area contributed by atoms with Crippen LogP contribution in [0.25, 0.3) is 0 Å². The zero-order valence-corrected chi connectivity index (χ0v) is 10.3. The molecule has 1 aromatic rings. The van der Waals surface area contributed by atoms with Gasteiger partial charge in [-0.05, 0) is 18.1 Å². The van der Waals surface area contributed by atoms with Crippen LogP contribution in [-0.4, -0.2) is 11.6 Å². The maximum atomic E-state index is 5.50. The van der Waals surface area contributed by atoms with Gasteiger partial charge in [-0.1, -0.05) is 35.8 Å². The molecule has 1 aromatic heterocycles. The lowest BCUT2D eigenvalue weighted by Crippen LogP contribution is -2.03. The van der Waals surface area contributed by atoms with Crippen molar-refractivity contribution < 1.29 is 4.74 Å². The summed E-state index contributed by atoms with van der Waals surface area (Å²) in [5, 5.41) is 0.797. The topological polar surface area (TPSA) is 22.1 Å². The molecule has 14 heavy (non-hydrogen) atoms. The summed E-state index contributed by atoms with van der Waals surface area (Å²) in [5.41, 5.74) is 2.05. The molecule has 0 aliphatic rings. The third-order valence-corrected chi connectivity index (χ3v) is 2.28. The first-order valence-electron chi connectivity index (χ1n) is 4.81. The molecule has 0 saturated heterocycles. The number of alkyl halides is 1. The summed E-state index contributed by atoms with van der Waals surface area (Å²) in [4.78, 5) is 4.42. The summed E-state index contributed by atoms with van der Waals surface area (Å²) in [7, 11) is 0. The third-order valence-electron chi connectivity index (χ3n) is 1.70. The molecule has 78 valence electrons. The number of ether oxygens (including phenoxy) is 1. The lowest BCUT2D eigenvalue weighted by atomic mass is 10.2. The number of nitrogens with zero attached hydrogens (tertiary/aromatic N) is 1. The van der Waals surface area contributed by atoms with E-state index in [0.29, 0.717) is 12.5 Å². The van der Waals surface area contributed by atoms with Crippen LogP contribution >= 0.6 is 15.9 Å². The number of hydrogen-bond donors (Lipinski definition) is 0. The Bertz CT molecular complexity index is 276. The van der Waals surface area contributed by atoms with Gasteiger partial charge in [-0.3, -0.25) is 4.98 Å². The van der Waals surface area contributed by atoms with Crippen molar-refractivity contribution in [3.8, 4) is 0 Å². The quantitative estimate of drug-likeness (QED) is 0.757. The van der Waals surface area contributed by atoms with E-state index in [1.165, 1.54) is 0 Å². The third kappa shape index (κ3) is 4.20. The molecule has 1 rings (SSSR count). The van der Waals surface area contributed by atoms with Crippen molar-refractivity contribution >= 4 is 15.9 Å². The van der Waals surface area contributed by atoms with E-state index in [4.69, 9.17) is 4.74 Å². The molecular weight excluding hydrogens is 242 g/mol. The van der Waals surface area contributed by atoms with Gasteiger partial charge in [-0.25, -0.2) is 0 Å². The number of pyridine rings is 1. The van der Waals surface area contributed by atoms with Crippen molar-refractivity contribution in [3.63, 3.8) is 0 Å². The van der Waals surface area contributed by atoms with Gasteiger partial charge in [0.05, 0.1) is 18.0 Å². The SMILES string of the molecule is CC(C)COCc1cccc(CBr)n1. The van der Waals surface area contributed by atoms with Crippen molar-refractivity contribution in [2.45, 2.75) is 25.8 Å². The zero-order chi connectivity index (χ0) is 10.4. The molecule has 0 aliphatic carbocycles. The molecule has 0 N–H and O–H groups in total. The number of rotatable bonds is 5. The van der Waals surface area contributed by atoms with Gasteiger partial charge in [0, 0.05) is 11.9 Å². The van der Waals surface area contributed by atoms with Crippen molar-refractivity contribution in [3.05, 3.63) is 29.6 Å². The monoisotopic (exact) mass is 257 g/mol. The van der Waals surface area contributed by atoms with Gasteiger partial charge in [0.2, 0.25) is 0 Å². The van der Waals surface area contributed by atoms with Crippen LogP contribution in [0.3, 0.4) is 0 Å². The average molecular weight is 258 g/mol. The highest BCUT2D eigenvalue weighted by Gasteiger charge is 1.98. The second-order valence-corrected chi connectivity index (χ2v) is 4.22. The van der Waals surface area contributed by atoms with Crippen LogP contribution in [0.1, 0.15) is 25.2 Å². The predicted molar refractivity (Wildman–Crippen MR) is 61.4 cm³/mol. The highest BCUT2D eigenvalue weighted by molar-refractivity contribution is 9.08. The first-order valence-corrected chi connectivity index (χ1v) is 5.93. The molecule has 0 aromatic carbocycles. The minimum atomic E-state index is 0.578. The van der Waals surface area contributed by atoms with Gasteiger partial charge in [0.1, 0.15) is 0 Å². The van der Waals surface area contributed by atoms with E-state index in [9.17, 15) is 0 Å². The Kier molecular flexibility index (Phi) is 5.12. The normalized spacial score (nSPS) is 10.9. The van der Waals surface area contributed by atoms with E-state index < -0.39 is 0 Å². The molecular formula is C11H16BrNO. The summed E-state index contributed by atoms with van der Waals surface area (Å²) in [6.45, 7) is 5.68. The van der Waals surface area contributed by atoms with Crippen LogP contribution in [-0.2, 0) is 16.7 Å². The van der Waals surface area contributed by atoms with Gasteiger partial charge in [-0.2, -0.15) is 0 Å². The maximum absolute atomic E-state index is 5.50. The van der Waals surface area contributed by atoms with E-state index in [1.807, 2.05) is 18.2 Å². The van der Waals surface area contributed by atoms with Crippen molar-refractivity contribution in [1.82, 2.24) is 4.98 Å². The second-order valence-electron chi connectivity index (χ2n) is 3.66. The summed E-state index contributed by atoms with van der Waals surface area (Å²) in [6, 6.07) is 6.00. The molecule has 0 spiro atoms. The number of halogens is 1. The lowest BCUT2D eigenvalue weighted by molar-refractivity contribution is 0.0947. The average Bonchev–Trinajstić information content (AvgIpc) is 2.18. The molecule has 0 atom stereocenters. The Morgan fingerprint density at radius 2 is 2.07 bits per heavy atom. The van der Waals surface area contributed by atoms with Gasteiger partial charge in [0.15, 0.2) is 0 Å². The Balaban J connectivity index is 2.42. The lowest BCUT2D eigenvalue weighted by Gasteiger charge is -2.06. The van der Waals surface area contributed by atoms with E-state index in [2.05, 4.69) is 34.8 Å². The molecule has 0 aliphatic heterocycles. The summed E-state index contributed by atoms with van der Waals surface area (Å²) in [6.07, 6.45) is 0. The van der Waals surface area contributed by atoms with Crippen LogP contribution in [0.5, 0.6) is 0 Å². The second kappa shape index (κ2) is 6.14. The van der Waals surface area contributed by atoms with Gasteiger partial charge in [-0.15, -0.1) is 0 Å². The molecule has 3 heteroatoms. The Morgan fingerprint density at radius 1 is 1.36 bits per heavy atom. The fraction of sp³-hybridized carbons (Fsp3) is 0.545. The molecule has 0 saturated carbocycles. The molecule has 0 radical (unpaired) electrons. The minimum Gasteiger partial charge on any atom is -0.375 e. The van der Waals surface area contributed by atoms with Crippen LogP contribution < -0.4 is 0 Å².